The van der Waals surface area contributed by atoms with Crippen LogP contribution in [-0.4, -0.2) is 6.61 Å². The second-order valence-electron chi connectivity index (χ2n) is 1.26. The second-order valence-corrected chi connectivity index (χ2v) is 1.41. The van der Waals surface area contributed by atoms with E-state index in [0.29, 0.717) is 6.61 Å². The second kappa shape index (κ2) is 5.82. The lowest BCUT2D eigenvalue weighted by molar-refractivity contribution is 0.148. The summed E-state index contributed by atoms with van der Waals surface area (Å²) in [6, 6.07) is 0. The van der Waals surface area contributed by atoms with Gasteiger partial charge in [-0.25, -0.2) is 0 Å². The summed E-state index contributed by atoms with van der Waals surface area (Å²) in [4.78, 5) is 4.51. The smallest absolute Gasteiger partial charge is 0.118 e. The van der Waals surface area contributed by atoms with Gasteiger partial charge in [0.15, 0.2) is 0 Å². The molecule has 0 radical (unpaired) electrons. The number of hydrogen-bond donors (Lipinski definition) is 0. The fourth-order valence-corrected chi connectivity index (χ4v) is 0.321. The zero-order valence-corrected chi connectivity index (χ0v) is 5.20. The van der Waals surface area contributed by atoms with Gasteiger partial charge in [0.2, 0.25) is 0 Å². The van der Waals surface area contributed by atoms with Gasteiger partial charge < -0.3 is 4.84 Å². The number of nitrogens with zero attached hydrogens (tertiary/aromatic N) is 1. The maximum Gasteiger partial charge on any atom is 0.118 e. The van der Waals surface area contributed by atoms with E-state index < -0.39 is 0 Å². The van der Waals surface area contributed by atoms with E-state index in [2.05, 4.69) is 28.7 Å². The first kappa shape index (κ1) is 6.82. The van der Waals surface area contributed by atoms with E-state index in [1.165, 1.54) is 0 Å². The van der Waals surface area contributed by atoms with Crippen LogP contribution < -0.4 is 0 Å². The molecule has 0 aliphatic rings. The average molecular weight is 119 g/mol. The highest BCUT2D eigenvalue weighted by Crippen LogP contribution is 1.85. The summed E-state index contributed by atoms with van der Waals surface area (Å²) in [6.45, 7) is 2.76. The minimum atomic E-state index is 0.667. The monoisotopic (exact) mass is 119 g/mol. The summed E-state index contributed by atoms with van der Waals surface area (Å²) in [5.74, 6) is 0. The summed E-state index contributed by atoms with van der Waals surface area (Å²) in [7, 11) is 0. The average Bonchev–Trinajstić information content (AvgIpc) is 1.69. The van der Waals surface area contributed by atoms with Crippen LogP contribution in [0.2, 0.25) is 0 Å². The summed E-state index contributed by atoms with van der Waals surface area (Å²) >= 11 is 4.17. The largest absolute Gasteiger partial charge is 0.386 e. The highest BCUT2D eigenvalue weighted by atomic mass is 32.1. The first-order chi connectivity index (χ1) is 3.41. The van der Waals surface area contributed by atoms with Gasteiger partial charge in [-0.05, 0) is 10.9 Å². The van der Waals surface area contributed by atoms with Crippen LogP contribution in [0.4, 0.5) is 0 Å². The van der Waals surface area contributed by atoms with Crippen molar-refractivity contribution in [1.29, 1.82) is 0 Å². The third kappa shape index (κ3) is 5.82. The summed E-state index contributed by atoms with van der Waals surface area (Å²) in [6.07, 6.45) is 2.17. The maximum absolute atomic E-state index is 4.51. The van der Waals surface area contributed by atoms with Crippen LogP contribution in [0, 0.1) is 0 Å². The standard InChI is InChI=1S/C4H9NOS/c1-2-3-4-6-5-7/h2-4H2,1H3. The highest BCUT2D eigenvalue weighted by Gasteiger charge is 1.78. The molecule has 0 saturated carbocycles. The van der Waals surface area contributed by atoms with E-state index in [-0.39, 0.29) is 0 Å². The predicted octanol–water partition coefficient (Wildman–Crippen LogP) is 1.45. The van der Waals surface area contributed by atoms with Crippen LogP contribution in [0.15, 0.2) is 4.53 Å². The minimum Gasteiger partial charge on any atom is -0.386 e. The Morgan fingerprint density at radius 1 is 1.71 bits per heavy atom. The van der Waals surface area contributed by atoms with E-state index in [1.807, 2.05) is 0 Å². The lowest BCUT2D eigenvalue weighted by atomic mass is 10.4. The van der Waals surface area contributed by atoms with Crippen molar-refractivity contribution < 1.29 is 4.84 Å². The van der Waals surface area contributed by atoms with Crippen LogP contribution in [-0.2, 0) is 17.3 Å². The Hall–Kier alpha value is -0.180. The van der Waals surface area contributed by atoms with E-state index >= 15 is 0 Å². The van der Waals surface area contributed by atoms with Crippen LogP contribution in [0.1, 0.15) is 19.8 Å². The maximum atomic E-state index is 4.51. The lowest BCUT2D eigenvalue weighted by Crippen LogP contribution is -1.83. The molecule has 0 aromatic rings. The van der Waals surface area contributed by atoms with Crippen molar-refractivity contribution in [1.82, 2.24) is 0 Å². The van der Waals surface area contributed by atoms with E-state index in [9.17, 15) is 0 Å². The van der Waals surface area contributed by atoms with Crippen LogP contribution in [0.25, 0.3) is 0 Å². The van der Waals surface area contributed by atoms with Gasteiger partial charge in [0.1, 0.15) is 6.61 Å². The Kier molecular flexibility index (Phi) is 5.67. The van der Waals surface area contributed by atoms with Crippen LogP contribution >= 0.6 is 0 Å². The number of hydrogen-bond acceptors (Lipinski definition) is 3. The van der Waals surface area contributed by atoms with Crippen molar-refractivity contribution in [3.63, 3.8) is 0 Å². The molecule has 0 fully saturated rings. The Morgan fingerprint density at radius 3 is 2.86 bits per heavy atom. The molecule has 0 spiro atoms. The molecular formula is C4H9NOS. The molecule has 0 amide bonds. The SMILES string of the molecule is CCCCON=S. The van der Waals surface area contributed by atoms with Gasteiger partial charge >= 0.3 is 0 Å². The van der Waals surface area contributed by atoms with Gasteiger partial charge in [0, 0.05) is 0 Å². The predicted molar refractivity (Wildman–Crippen MR) is 30.7 cm³/mol. The molecule has 0 unspecified atom stereocenters. The fourth-order valence-electron chi connectivity index (χ4n) is 0.246. The number of rotatable bonds is 4. The van der Waals surface area contributed by atoms with Gasteiger partial charge in [-0.1, -0.05) is 13.3 Å². The number of unbranched alkanes of at least 4 members (excludes halogenated alkanes) is 1. The minimum absolute atomic E-state index is 0.667. The molecule has 0 heterocycles. The molecule has 0 atom stereocenters. The van der Waals surface area contributed by atoms with Gasteiger partial charge in [0.05, 0.1) is 12.4 Å². The molecule has 42 valence electrons. The topological polar surface area (TPSA) is 21.6 Å². The molecule has 0 N–H and O–H groups in total. The van der Waals surface area contributed by atoms with Crippen molar-refractivity contribution in [3.05, 3.63) is 0 Å². The highest BCUT2D eigenvalue weighted by molar-refractivity contribution is 7.47. The molecule has 7 heavy (non-hydrogen) atoms. The normalized spacial score (nSPS) is 8.14. The van der Waals surface area contributed by atoms with Crippen molar-refractivity contribution in [2.75, 3.05) is 6.61 Å². The van der Waals surface area contributed by atoms with E-state index in [1.54, 1.807) is 0 Å². The first-order valence-corrected chi connectivity index (χ1v) is 2.73. The van der Waals surface area contributed by atoms with Crippen LogP contribution in [0.5, 0.6) is 0 Å². The van der Waals surface area contributed by atoms with Gasteiger partial charge in [-0.2, -0.15) is 0 Å². The Bertz CT molecular complexity index is 49.0. The third-order valence-corrected chi connectivity index (χ3v) is 0.747. The molecule has 0 saturated heterocycles. The van der Waals surface area contributed by atoms with Gasteiger partial charge in [0.25, 0.3) is 0 Å². The fraction of sp³-hybridized carbons (Fsp3) is 1.00. The summed E-state index contributed by atoms with van der Waals surface area (Å²) < 4.78 is 3.06. The lowest BCUT2D eigenvalue weighted by Gasteiger charge is -1.90. The van der Waals surface area contributed by atoms with Gasteiger partial charge in [-0.15, -0.1) is 0 Å². The van der Waals surface area contributed by atoms with Crippen molar-refractivity contribution in [3.8, 4) is 0 Å². The molecule has 0 bridgehead atoms. The molecule has 2 nitrogen and oxygen atoms in total. The molecule has 0 aromatic carbocycles. The molecule has 3 heteroatoms. The quantitative estimate of drug-likeness (QED) is 0.412. The van der Waals surface area contributed by atoms with E-state index in [0.717, 1.165) is 12.8 Å². The molecular weight excluding hydrogens is 110 g/mol. The molecule has 0 aromatic heterocycles. The molecule has 0 aliphatic heterocycles. The summed E-state index contributed by atoms with van der Waals surface area (Å²) in [5, 5.41) is 0. The van der Waals surface area contributed by atoms with Crippen molar-refractivity contribution in [2.45, 2.75) is 19.8 Å². The zero-order chi connectivity index (χ0) is 5.54. The van der Waals surface area contributed by atoms with Gasteiger partial charge in [-0.3, -0.25) is 0 Å². The Labute approximate surface area is 49.0 Å². The Morgan fingerprint density at radius 2 is 2.43 bits per heavy atom. The van der Waals surface area contributed by atoms with Crippen molar-refractivity contribution >= 4 is 12.4 Å². The third-order valence-electron chi connectivity index (χ3n) is 0.642. The van der Waals surface area contributed by atoms with Crippen LogP contribution in [0.3, 0.4) is 0 Å². The summed E-state index contributed by atoms with van der Waals surface area (Å²) in [5.41, 5.74) is 0. The van der Waals surface area contributed by atoms with Crippen molar-refractivity contribution in [2.24, 2.45) is 4.53 Å². The molecule has 0 rings (SSSR count). The Balaban J connectivity index is 2.56. The van der Waals surface area contributed by atoms with E-state index in [4.69, 9.17) is 0 Å². The zero-order valence-electron chi connectivity index (χ0n) is 4.39. The molecule has 0 aliphatic carbocycles. The first-order valence-electron chi connectivity index (χ1n) is 2.36.